The van der Waals surface area contributed by atoms with Gasteiger partial charge in [-0.25, -0.2) is 4.98 Å². The van der Waals surface area contributed by atoms with Gasteiger partial charge in [-0.2, -0.15) is 0 Å². The van der Waals surface area contributed by atoms with E-state index in [4.69, 9.17) is 9.15 Å². The normalized spacial score (nSPS) is 20.5. The van der Waals surface area contributed by atoms with Crippen molar-refractivity contribution in [1.29, 1.82) is 0 Å². The van der Waals surface area contributed by atoms with Gasteiger partial charge in [0.15, 0.2) is 0 Å². The summed E-state index contributed by atoms with van der Waals surface area (Å²) in [5.41, 5.74) is 1.26. The molecule has 1 fully saturated rings. The number of furan rings is 1. The number of likely N-dealkylation sites (N-methyl/N-ethyl adjacent to an activating group) is 1. The van der Waals surface area contributed by atoms with Gasteiger partial charge >= 0.3 is 0 Å². The number of nitrogens with zero attached hydrogens (tertiary/aromatic N) is 3. The van der Waals surface area contributed by atoms with E-state index < -0.39 is 0 Å². The number of rotatable bonds is 6. The van der Waals surface area contributed by atoms with Crippen molar-refractivity contribution in [3.05, 3.63) is 66.4 Å². The van der Waals surface area contributed by atoms with Crippen molar-refractivity contribution in [2.24, 2.45) is 7.05 Å². The largest absolute Gasteiger partial charge is 0.429 e. The van der Waals surface area contributed by atoms with Gasteiger partial charge in [-0.15, -0.1) is 0 Å². The molecule has 2 aromatic heterocycles. The fourth-order valence-electron chi connectivity index (χ4n) is 3.58. The quantitative estimate of drug-likeness (QED) is 0.739. The van der Waals surface area contributed by atoms with E-state index in [9.17, 15) is 0 Å². The van der Waals surface area contributed by atoms with Crippen LogP contribution in [-0.2, 0) is 13.6 Å². The van der Waals surface area contributed by atoms with Crippen LogP contribution in [0.3, 0.4) is 0 Å². The summed E-state index contributed by atoms with van der Waals surface area (Å²) in [6, 6.07) is 13.8. The monoisotopic (exact) mass is 352 g/mol. The first kappa shape index (κ1) is 16.9. The maximum Gasteiger partial charge on any atom is 0.290 e. The first-order valence-electron chi connectivity index (χ1n) is 8.89. The molecule has 3 heterocycles. The fraction of sp³-hybridized carbons (Fsp3) is 0.350. The first-order chi connectivity index (χ1) is 12.7. The average Bonchev–Trinajstić information content (AvgIpc) is 3.34. The number of likely N-dealkylation sites (tertiary alicyclic amines) is 1. The van der Waals surface area contributed by atoms with Gasteiger partial charge in [0.25, 0.3) is 5.95 Å². The molecule has 136 valence electrons. The van der Waals surface area contributed by atoms with Crippen LogP contribution < -0.4 is 10.1 Å². The van der Waals surface area contributed by atoms with Gasteiger partial charge in [0, 0.05) is 50.1 Å². The standard InChI is InChI=1S/C20H24N4O2/c1-23-12-17(19-11-21-14-24(19)2)18(13-23)22-10-16-8-9-20(26-16)25-15-6-4-3-5-7-15/h3-9,11,14,17-18,22H,10,12-13H2,1-2H3/t17-,18-/m1/s1. The minimum atomic E-state index is 0.360. The van der Waals surface area contributed by atoms with Crippen molar-refractivity contribution in [2.45, 2.75) is 18.5 Å². The Balaban J connectivity index is 1.38. The second kappa shape index (κ2) is 7.35. The van der Waals surface area contributed by atoms with Crippen molar-refractivity contribution < 1.29 is 9.15 Å². The third kappa shape index (κ3) is 3.66. The molecule has 1 saturated heterocycles. The number of benzene rings is 1. The van der Waals surface area contributed by atoms with Crippen LogP contribution in [0.4, 0.5) is 0 Å². The Hall–Kier alpha value is -2.57. The Morgan fingerprint density at radius 1 is 1.15 bits per heavy atom. The van der Waals surface area contributed by atoms with Crippen LogP contribution in [0.1, 0.15) is 17.4 Å². The van der Waals surface area contributed by atoms with Crippen LogP contribution in [0.5, 0.6) is 11.7 Å². The van der Waals surface area contributed by atoms with Crippen LogP contribution in [-0.4, -0.2) is 40.6 Å². The van der Waals surface area contributed by atoms with E-state index in [1.54, 1.807) is 0 Å². The van der Waals surface area contributed by atoms with Crippen LogP contribution >= 0.6 is 0 Å². The molecule has 1 aliphatic rings. The number of aromatic nitrogens is 2. The third-order valence-corrected chi connectivity index (χ3v) is 4.87. The molecule has 0 radical (unpaired) electrons. The second-order valence-electron chi connectivity index (χ2n) is 6.88. The van der Waals surface area contributed by atoms with E-state index in [0.717, 1.165) is 24.6 Å². The first-order valence-corrected chi connectivity index (χ1v) is 8.89. The molecule has 1 aromatic carbocycles. The Kier molecular flexibility index (Phi) is 4.77. The smallest absolute Gasteiger partial charge is 0.290 e. The molecule has 0 amide bonds. The highest BCUT2D eigenvalue weighted by atomic mass is 16.6. The highest BCUT2D eigenvalue weighted by molar-refractivity contribution is 5.26. The molecule has 6 nitrogen and oxygen atoms in total. The summed E-state index contributed by atoms with van der Waals surface area (Å²) in [6.07, 6.45) is 3.83. The third-order valence-electron chi connectivity index (χ3n) is 4.87. The lowest BCUT2D eigenvalue weighted by Crippen LogP contribution is -2.35. The predicted molar refractivity (Wildman–Crippen MR) is 99.3 cm³/mol. The molecular weight excluding hydrogens is 328 g/mol. The van der Waals surface area contributed by atoms with Gasteiger partial charge in [-0.1, -0.05) is 18.2 Å². The number of aryl methyl sites for hydroxylation is 1. The topological polar surface area (TPSA) is 55.5 Å². The lowest BCUT2D eigenvalue weighted by Gasteiger charge is -2.19. The lowest BCUT2D eigenvalue weighted by molar-refractivity contribution is 0.322. The minimum absolute atomic E-state index is 0.360. The molecule has 0 spiro atoms. The maximum atomic E-state index is 5.81. The van der Waals surface area contributed by atoms with Gasteiger partial charge in [0.1, 0.15) is 11.5 Å². The molecule has 26 heavy (non-hydrogen) atoms. The molecule has 0 saturated carbocycles. The fourth-order valence-corrected chi connectivity index (χ4v) is 3.58. The van der Waals surface area contributed by atoms with Crippen LogP contribution in [0, 0.1) is 0 Å². The Morgan fingerprint density at radius 3 is 2.77 bits per heavy atom. The van der Waals surface area contributed by atoms with Crippen molar-refractivity contribution in [3.63, 3.8) is 0 Å². The molecule has 4 rings (SSSR count). The second-order valence-corrected chi connectivity index (χ2v) is 6.88. The Morgan fingerprint density at radius 2 is 2.00 bits per heavy atom. The van der Waals surface area contributed by atoms with Crippen LogP contribution in [0.25, 0.3) is 0 Å². The summed E-state index contributed by atoms with van der Waals surface area (Å²) in [4.78, 5) is 6.62. The van der Waals surface area contributed by atoms with Gasteiger partial charge in [0.05, 0.1) is 12.9 Å². The van der Waals surface area contributed by atoms with Gasteiger partial charge in [0.2, 0.25) is 0 Å². The number of ether oxygens (including phenoxy) is 1. The highest BCUT2D eigenvalue weighted by Gasteiger charge is 2.33. The number of hydrogen-bond acceptors (Lipinski definition) is 5. The summed E-state index contributed by atoms with van der Waals surface area (Å²) < 4.78 is 13.6. The predicted octanol–water partition coefficient (Wildman–Crippen LogP) is 2.99. The number of imidazole rings is 1. The molecule has 3 aromatic rings. The Labute approximate surface area is 153 Å². The van der Waals surface area contributed by atoms with Crippen LogP contribution in [0.15, 0.2) is 59.4 Å². The van der Waals surface area contributed by atoms with Gasteiger partial charge in [-0.05, 0) is 25.2 Å². The summed E-state index contributed by atoms with van der Waals surface area (Å²) in [7, 11) is 4.21. The SMILES string of the molecule is CN1C[C@@H](NCc2ccc(Oc3ccccc3)o2)[C@H](c2cncn2C)C1. The molecule has 2 atom stereocenters. The Bertz CT molecular complexity index is 842. The molecule has 0 unspecified atom stereocenters. The zero-order valence-corrected chi connectivity index (χ0v) is 15.1. The molecule has 6 heteroatoms. The summed E-state index contributed by atoms with van der Waals surface area (Å²) >= 11 is 0. The summed E-state index contributed by atoms with van der Waals surface area (Å²) in [5.74, 6) is 2.58. The lowest BCUT2D eigenvalue weighted by atomic mass is 10.00. The molecular formula is C20H24N4O2. The van der Waals surface area contributed by atoms with Crippen molar-refractivity contribution >= 4 is 0 Å². The zero-order chi connectivity index (χ0) is 17.9. The van der Waals surface area contributed by atoms with Crippen LogP contribution in [0.2, 0.25) is 0 Å². The van der Waals surface area contributed by atoms with Gasteiger partial charge < -0.3 is 23.9 Å². The summed E-state index contributed by atoms with van der Waals surface area (Å²) in [6.45, 7) is 2.70. The van der Waals surface area contributed by atoms with E-state index in [1.807, 2.05) is 55.0 Å². The average molecular weight is 352 g/mol. The van der Waals surface area contributed by atoms with E-state index in [2.05, 4.69) is 33.9 Å². The number of para-hydroxylation sites is 1. The van der Waals surface area contributed by atoms with E-state index >= 15 is 0 Å². The van der Waals surface area contributed by atoms with E-state index in [1.165, 1.54) is 5.69 Å². The highest BCUT2D eigenvalue weighted by Crippen LogP contribution is 2.27. The number of hydrogen-bond donors (Lipinski definition) is 1. The number of nitrogens with one attached hydrogen (secondary N) is 1. The van der Waals surface area contributed by atoms with Crippen molar-refractivity contribution in [3.8, 4) is 11.7 Å². The van der Waals surface area contributed by atoms with E-state index in [0.29, 0.717) is 24.5 Å². The maximum absolute atomic E-state index is 5.81. The minimum Gasteiger partial charge on any atom is -0.429 e. The summed E-state index contributed by atoms with van der Waals surface area (Å²) in [5, 5.41) is 3.64. The van der Waals surface area contributed by atoms with Crippen molar-refractivity contribution in [1.82, 2.24) is 19.8 Å². The molecule has 0 bridgehead atoms. The molecule has 1 N–H and O–H groups in total. The zero-order valence-electron chi connectivity index (χ0n) is 15.1. The molecule has 0 aliphatic carbocycles. The molecule has 1 aliphatic heterocycles. The van der Waals surface area contributed by atoms with Crippen molar-refractivity contribution in [2.75, 3.05) is 20.1 Å². The van der Waals surface area contributed by atoms with E-state index in [-0.39, 0.29) is 0 Å². The van der Waals surface area contributed by atoms with Gasteiger partial charge in [-0.3, -0.25) is 0 Å².